The smallest absolute Gasteiger partial charge is 0.271 e. The van der Waals surface area contributed by atoms with Gasteiger partial charge in [0, 0.05) is 13.1 Å². The normalized spacial score (nSPS) is 9.40. The van der Waals surface area contributed by atoms with Crippen LogP contribution in [-0.4, -0.2) is 23.2 Å². The molecule has 5 heteroatoms. The molecule has 1 rings (SSSR count). The Kier molecular flexibility index (Phi) is 2.06. The summed E-state index contributed by atoms with van der Waals surface area (Å²) in [6, 6.07) is 1.61. The van der Waals surface area contributed by atoms with Crippen molar-refractivity contribution < 1.29 is 4.79 Å². The van der Waals surface area contributed by atoms with E-state index in [1.807, 2.05) is 0 Å². The van der Waals surface area contributed by atoms with Crippen molar-refractivity contribution in [2.45, 2.75) is 0 Å². The Hall–Kier alpha value is -0.840. The topological polar surface area (TPSA) is 57.8 Å². The molecule has 0 saturated carbocycles. The van der Waals surface area contributed by atoms with E-state index in [0.717, 1.165) is 0 Å². The molecule has 0 atom stereocenters. The Morgan fingerprint density at radius 2 is 2.60 bits per heavy atom. The Balaban J connectivity index is 2.85. The predicted octanol–water partition coefficient (Wildman–Crippen LogP) is 0.532. The van der Waals surface area contributed by atoms with E-state index in [9.17, 15) is 4.79 Å². The molecule has 0 aromatic carbocycles. The van der Waals surface area contributed by atoms with E-state index in [4.69, 9.17) is 0 Å². The van der Waals surface area contributed by atoms with Crippen LogP contribution in [-0.2, 0) is 0 Å². The third-order valence-corrected chi connectivity index (χ3v) is 1.41. The van der Waals surface area contributed by atoms with Crippen molar-refractivity contribution in [3.8, 4) is 0 Å². The third kappa shape index (κ3) is 1.36. The van der Waals surface area contributed by atoms with Crippen LogP contribution in [0.2, 0.25) is 0 Å². The van der Waals surface area contributed by atoms with Crippen molar-refractivity contribution in [2.24, 2.45) is 0 Å². The molecule has 4 nitrogen and oxygen atoms in total. The van der Waals surface area contributed by atoms with Gasteiger partial charge in [-0.1, -0.05) is 0 Å². The number of hydrogen-bond acceptors (Lipinski definition) is 2. The van der Waals surface area contributed by atoms with Crippen LogP contribution in [0.4, 0.5) is 0 Å². The zero-order valence-electron chi connectivity index (χ0n) is 5.31. The average Bonchev–Trinajstić information content (AvgIpc) is 2.34. The van der Waals surface area contributed by atoms with Crippen LogP contribution in [0.5, 0.6) is 0 Å². The van der Waals surface area contributed by atoms with Crippen molar-refractivity contribution in [3.63, 3.8) is 0 Å². The summed E-state index contributed by atoms with van der Waals surface area (Å²) in [5.74, 6) is -0.193. The van der Waals surface area contributed by atoms with Crippen LogP contribution >= 0.6 is 15.9 Å². The van der Waals surface area contributed by atoms with Gasteiger partial charge in [0.05, 0.1) is 0 Å². The molecule has 0 saturated heterocycles. The lowest BCUT2D eigenvalue weighted by molar-refractivity contribution is 0.0958. The highest BCUT2D eigenvalue weighted by molar-refractivity contribution is 9.10. The highest BCUT2D eigenvalue weighted by Crippen LogP contribution is 2.05. The number of nitrogens with zero attached hydrogens (tertiary/aromatic N) is 1. The summed E-state index contributed by atoms with van der Waals surface area (Å²) in [4.78, 5) is 10.8. The number of nitrogens with one attached hydrogen (secondary N) is 2. The molecule has 0 spiro atoms. The quantitative estimate of drug-likeness (QED) is 0.700. The first-order chi connectivity index (χ1) is 4.74. The summed E-state index contributed by atoms with van der Waals surface area (Å²) in [6.45, 7) is 0. The molecule has 0 aliphatic rings. The number of carbonyl (C=O) groups excluding carboxylic acids is 1. The third-order valence-electron chi connectivity index (χ3n) is 1.01. The maximum atomic E-state index is 10.8. The van der Waals surface area contributed by atoms with E-state index in [-0.39, 0.29) is 5.91 Å². The van der Waals surface area contributed by atoms with Crippen LogP contribution in [0.25, 0.3) is 0 Å². The lowest BCUT2D eigenvalue weighted by atomic mass is 10.4. The van der Waals surface area contributed by atoms with Gasteiger partial charge in [-0.3, -0.25) is 9.89 Å². The van der Waals surface area contributed by atoms with Gasteiger partial charge in [-0.15, -0.1) is 0 Å². The monoisotopic (exact) mass is 203 g/mol. The maximum absolute atomic E-state index is 10.8. The zero-order chi connectivity index (χ0) is 7.56. The van der Waals surface area contributed by atoms with Gasteiger partial charge in [-0.05, 0) is 15.9 Å². The highest BCUT2D eigenvalue weighted by Gasteiger charge is 2.05. The van der Waals surface area contributed by atoms with E-state index >= 15 is 0 Å². The molecule has 1 aromatic heterocycles. The van der Waals surface area contributed by atoms with Gasteiger partial charge in [-0.25, -0.2) is 0 Å². The van der Waals surface area contributed by atoms with Crippen molar-refractivity contribution >= 4 is 21.8 Å². The van der Waals surface area contributed by atoms with E-state index in [2.05, 4.69) is 31.4 Å². The molecule has 0 fully saturated rings. The molecule has 10 heavy (non-hydrogen) atoms. The summed E-state index contributed by atoms with van der Waals surface area (Å²) in [6.07, 6.45) is 0. The highest BCUT2D eigenvalue weighted by atomic mass is 79.9. The van der Waals surface area contributed by atoms with E-state index in [1.165, 1.54) is 0 Å². The average molecular weight is 204 g/mol. The molecule has 0 unspecified atom stereocenters. The zero-order valence-corrected chi connectivity index (χ0v) is 6.90. The molecular weight excluding hydrogens is 198 g/mol. The lowest BCUT2D eigenvalue weighted by Gasteiger charge is -1.89. The van der Waals surface area contributed by atoms with Crippen LogP contribution in [0.1, 0.15) is 10.5 Å². The Labute approximate surface area is 66.1 Å². The summed E-state index contributed by atoms with van der Waals surface area (Å²) < 4.78 is 0.700. The van der Waals surface area contributed by atoms with E-state index in [0.29, 0.717) is 10.3 Å². The van der Waals surface area contributed by atoms with Crippen LogP contribution in [0.3, 0.4) is 0 Å². The van der Waals surface area contributed by atoms with Gasteiger partial charge in [0.1, 0.15) is 4.60 Å². The van der Waals surface area contributed by atoms with Crippen molar-refractivity contribution in [1.82, 2.24) is 15.5 Å². The van der Waals surface area contributed by atoms with Gasteiger partial charge in [-0.2, -0.15) is 5.10 Å². The van der Waals surface area contributed by atoms with Gasteiger partial charge in [0.25, 0.3) is 5.91 Å². The first-order valence-electron chi connectivity index (χ1n) is 2.67. The van der Waals surface area contributed by atoms with Gasteiger partial charge in [0.2, 0.25) is 0 Å². The van der Waals surface area contributed by atoms with Crippen LogP contribution in [0.15, 0.2) is 10.7 Å². The molecule has 1 aromatic rings. The minimum Gasteiger partial charge on any atom is -0.354 e. The number of H-pyrrole nitrogens is 1. The van der Waals surface area contributed by atoms with E-state index < -0.39 is 0 Å². The number of carbonyl (C=O) groups is 1. The van der Waals surface area contributed by atoms with Crippen molar-refractivity contribution in [3.05, 3.63) is 16.4 Å². The number of aromatic amines is 1. The summed E-state index contributed by atoms with van der Waals surface area (Å²) in [5.41, 5.74) is 0.384. The number of amides is 1. The maximum Gasteiger partial charge on any atom is 0.271 e. The molecule has 0 radical (unpaired) electrons. The standard InChI is InChI=1S/C5H6BrN3O/c1-7-5(10)3-2-4(6)9-8-3/h2H,1H3,(H,7,10)(H,8,9). The molecule has 1 heterocycles. The molecule has 0 aliphatic heterocycles. The SMILES string of the molecule is CNC(=O)c1cc(Br)[nH]n1. The van der Waals surface area contributed by atoms with E-state index in [1.54, 1.807) is 13.1 Å². The van der Waals surface area contributed by atoms with Gasteiger partial charge < -0.3 is 5.32 Å². The Morgan fingerprint density at radius 3 is 3.00 bits per heavy atom. The minimum absolute atomic E-state index is 0.193. The first kappa shape index (κ1) is 7.27. The molecule has 0 aliphatic carbocycles. The number of aromatic nitrogens is 2. The fourth-order valence-electron chi connectivity index (χ4n) is 0.543. The van der Waals surface area contributed by atoms with Crippen LogP contribution < -0.4 is 5.32 Å². The molecule has 54 valence electrons. The molecule has 2 N–H and O–H groups in total. The van der Waals surface area contributed by atoms with Gasteiger partial charge >= 0.3 is 0 Å². The van der Waals surface area contributed by atoms with Gasteiger partial charge in [0.15, 0.2) is 5.69 Å². The predicted molar refractivity (Wildman–Crippen MR) is 39.7 cm³/mol. The van der Waals surface area contributed by atoms with Crippen molar-refractivity contribution in [1.29, 1.82) is 0 Å². The second-order valence-corrected chi connectivity index (χ2v) is 2.53. The number of rotatable bonds is 1. The second kappa shape index (κ2) is 2.83. The van der Waals surface area contributed by atoms with Crippen molar-refractivity contribution in [2.75, 3.05) is 7.05 Å². The molecule has 0 bridgehead atoms. The molecular formula is C5H6BrN3O. The summed E-state index contributed by atoms with van der Waals surface area (Å²) in [7, 11) is 1.56. The Morgan fingerprint density at radius 1 is 1.90 bits per heavy atom. The molecule has 1 amide bonds. The summed E-state index contributed by atoms with van der Waals surface area (Å²) in [5, 5.41) is 8.74. The fraction of sp³-hybridized carbons (Fsp3) is 0.200. The fourth-order valence-corrected chi connectivity index (χ4v) is 0.848. The first-order valence-corrected chi connectivity index (χ1v) is 3.46. The number of halogens is 1. The Bertz CT molecular complexity index is 245. The number of hydrogen-bond donors (Lipinski definition) is 2. The largest absolute Gasteiger partial charge is 0.354 e. The summed E-state index contributed by atoms with van der Waals surface area (Å²) >= 11 is 3.13. The second-order valence-electron chi connectivity index (χ2n) is 1.68. The lowest BCUT2D eigenvalue weighted by Crippen LogP contribution is -2.17. The minimum atomic E-state index is -0.193. The van der Waals surface area contributed by atoms with Crippen LogP contribution in [0, 0.1) is 0 Å².